The molecule has 16 heteroatoms. The highest BCUT2D eigenvalue weighted by molar-refractivity contribution is 7.90. The zero-order chi connectivity index (χ0) is 42.7. The summed E-state index contributed by atoms with van der Waals surface area (Å²) < 4.78 is 41.2. The van der Waals surface area contributed by atoms with E-state index in [1.54, 1.807) is 30.5 Å². The van der Waals surface area contributed by atoms with Gasteiger partial charge in [-0.25, -0.2) is 18.1 Å². The van der Waals surface area contributed by atoms with Gasteiger partial charge in [0.1, 0.15) is 22.8 Å². The van der Waals surface area contributed by atoms with Crippen LogP contribution in [0.4, 0.5) is 17.1 Å². The summed E-state index contributed by atoms with van der Waals surface area (Å²) in [5, 5.41) is 16.7. The second kappa shape index (κ2) is 17.9. The molecule has 14 nitrogen and oxygen atoms in total. The molecule has 0 radical (unpaired) electrons. The molecule has 0 atom stereocenters. The first-order valence-electron chi connectivity index (χ1n) is 20.7. The van der Waals surface area contributed by atoms with Crippen LogP contribution in [0.5, 0.6) is 11.5 Å². The van der Waals surface area contributed by atoms with Crippen LogP contribution in [-0.4, -0.2) is 86.6 Å². The quantitative estimate of drug-likeness (QED) is 0.0764. The monoisotopic (exact) mass is 869 g/mol. The van der Waals surface area contributed by atoms with Gasteiger partial charge in [-0.2, -0.15) is 0 Å². The number of fused-ring (bicyclic) bond motifs is 1. The fraction of sp³-hybridized carbons (Fsp3) is 0.378. The molecule has 2 aromatic heterocycles. The Balaban J connectivity index is 1.00. The summed E-state index contributed by atoms with van der Waals surface area (Å²) in [6.07, 6.45) is 8.13. The van der Waals surface area contributed by atoms with E-state index < -0.39 is 31.4 Å². The lowest BCUT2D eigenvalue weighted by atomic mass is 9.72. The van der Waals surface area contributed by atoms with Gasteiger partial charge in [-0.05, 0) is 103 Å². The molecule has 2 fully saturated rings. The van der Waals surface area contributed by atoms with Crippen molar-refractivity contribution >= 4 is 61.2 Å². The van der Waals surface area contributed by atoms with Gasteiger partial charge in [0.15, 0.2) is 0 Å². The molecule has 3 aromatic carbocycles. The van der Waals surface area contributed by atoms with Crippen molar-refractivity contribution in [2.45, 2.75) is 50.8 Å². The second-order valence-electron chi connectivity index (χ2n) is 16.9. The number of aromatic amines is 1. The molecule has 1 aliphatic carbocycles. The summed E-state index contributed by atoms with van der Waals surface area (Å²) in [7, 11) is -4.55. The van der Waals surface area contributed by atoms with E-state index in [4.69, 9.17) is 21.1 Å². The van der Waals surface area contributed by atoms with Crippen molar-refractivity contribution < 1.29 is 27.6 Å². The molecule has 320 valence electrons. The number of ether oxygens (including phenoxy) is 2. The highest BCUT2D eigenvalue weighted by Crippen LogP contribution is 2.43. The number of anilines is 2. The molecule has 0 spiro atoms. The normalized spacial score (nSPS) is 17.7. The zero-order valence-corrected chi connectivity index (χ0v) is 35.9. The van der Waals surface area contributed by atoms with Crippen LogP contribution in [-0.2, 0) is 14.8 Å². The first-order chi connectivity index (χ1) is 29.3. The van der Waals surface area contributed by atoms with Crippen LogP contribution in [0.3, 0.4) is 0 Å². The predicted octanol–water partition coefficient (Wildman–Crippen LogP) is 8.66. The minimum Gasteiger partial charge on any atom is -0.455 e. The zero-order valence-electron chi connectivity index (χ0n) is 34.3. The summed E-state index contributed by atoms with van der Waals surface area (Å²) in [5.41, 5.74) is 5.55. The minimum atomic E-state index is -4.55. The summed E-state index contributed by atoms with van der Waals surface area (Å²) in [6.45, 7) is 10.4. The first-order valence-corrected chi connectivity index (χ1v) is 22.5. The molecular weight excluding hydrogens is 820 g/mol. The van der Waals surface area contributed by atoms with Crippen molar-refractivity contribution in [3.63, 3.8) is 0 Å². The molecule has 4 heterocycles. The van der Waals surface area contributed by atoms with E-state index in [1.165, 1.54) is 35.0 Å². The van der Waals surface area contributed by atoms with Gasteiger partial charge in [-0.1, -0.05) is 43.2 Å². The summed E-state index contributed by atoms with van der Waals surface area (Å²) >= 11 is 6.24. The van der Waals surface area contributed by atoms with Gasteiger partial charge in [0, 0.05) is 86.9 Å². The number of nitro groups is 1. The maximum Gasteiger partial charge on any atom is 0.293 e. The molecule has 1 amide bonds. The number of rotatable bonds is 13. The number of carbonyl (C=O) groups excluding carboxylic acids is 1. The highest BCUT2D eigenvalue weighted by atomic mass is 35.5. The number of benzene rings is 3. The van der Waals surface area contributed by atoms with Gasteiger partial charge in [0.25, 0.3) is 21.6 Å². The third-order valence-electron chi connectivity index (χ3n) is 12.0. The summed E-state index contributed by atoms with van der Waals surface area (Å²) in [6, 6.07) is 20.4. The molecule has 3 N–H and O–H groups in total. The lowest BCUT2D eigenvalue weighted by Gasteiger charge is -2.39. The van der Waals surface area contributed by atoms with Crippen LogP contribution in [0.2, 0.25) is 5.02 Å². The molecule has 0 bridgehead atoms. The smallest absolute Gasteiger partial charge is 0.293 e. The summed E-state index contributed by atoms with van der Waals surface area (Å²) in [4.78, 5) is 37.1. The topological polar surface area (TPSA) is 172 Å². The first kappa shape index (κ1) is 42.2. The number of nitrogens with one attached hydrogen (secondary N) is 3. The molecular formula is C45H50ClN7O7S. The van der Waals surface area contributed by atoms with E-state index in [9.17, 15) is 23.3 Å². The number of hydrogen-bond donors (Lipinski definition) is 3. The number of allylic oxidation sites excluding steroid dienone is 1. The van der Waals surface area contributed by atoms with Gasteiger partial charge >= 0.3 is 0 Å². The number of aromatic nitrogens is 2. The molecule has 5 aromatic rings. The molecule has 2 saturated heterocycles. The number of nitrogens with zero attached hydrogens (tertiary/aromatic N) is 4. The van der Waals surface area contributed by atoms with Gasteiger partial charge in [-0.15, -0.1) is 0 Å². The largest absolute Gasteiger partial charge is 0.455 e. The van der Waals surface area contributed by atoms with Crippen molar-refractivity contribution in [3.8, 4) is 11.5 Å². The third-order valence-corrected chi connectivity index (χ3v) is 13.5. The molecule has 3 aliphatic rings. The van der Waals surface area contributed by atoms with Crippen LogP contribution in [0.15, 0.2) is 95.7 Å². The lowest BCUT2D eigenvalue weighted by molar-refractivity contribution is -0.384. The van der Waals surface area contributed by atoms with E-state index in [-0.39, 0.29) is 28.3 Å². The SMILES string of the molecule is CC1(C)CCC(CN2CCN(c3ccc([14C](=O)NS(=O)(=O)c4ccc(NCC5CCOCC5)c([N+](=O)[O-])c4)c(Oc4cnc5[nH]ccc5c4)c3)CC2)=C(c2ccc(Cl)cc2)C1. The van der Waals surface area contributed by atoms with Crippen LogP contribution >= 0.6 is 11.6 Å². The highest BCUT2D eigenvalue weighted by Gasteiger charge is 2.31. The Bertz CT molecular complexity index is 2560. The Morgan fingerprint density at radius 2 is 1.80 bits per heavy atom. The number of carbonyl (C=O) groups is 1. The van der Waals surface area contributed by atoms with Crippen molar-refractivity contribution in [2.75, 3.05) is 62.7 Å². The fourth-order valence-corrected chi connectivity index (χ4v) is 9.51. The number of hydrogen-bond acceptors (Lipinski definition) is 11. The van der Waals surface area contributed by atoms with Crippen molar-refractivity contribution in [1.29, 1.82) is 0 Å². The van der Waals surface area contributed by atoms with Crippen molar-refractivity contribution in [2.24, 2.45) is 11.3 Å². The van der Waals surface area contributed by atoms with Crippen LogP contribution < -0.4 is 19.7 Å². The Labute approximate surface area is 360 Å². The van der Waals surface area contributed by atoms with Gasteiger partial charge < -0.3 is 24.7 Å². The average Bonchev–Trinajstić information content (AvgIpc) is 3.72. The van der Waals surface area contributed by atoms with Gasteiger partial charge in [-0.3, -0.25) is 19.8 Å². The number of H-pyrrole nitrogens is 1. The lowest BCUT2D eigenvalue weighted by Crippen LogP contribution is -2.47. The molecule has 8 rings (SSSR count). The second-order valence-corrected chi connectivity index (χ2v) is 19.0. The van der Waals surface area contributed by atoms with E-state index in [0.717, 1.165) is 87.0 Å². The Morgan fingerprint density at radius 3 is 2.56 bits per heavy atom. The van der Waals surface area contributed by atoms with Crippen LogP contribution in [0.1, 0.15) is 61.9 Å². The van der Waals surface area contributed by atoms with Crippen LogP contribution in [0.25, 0.3) is 16.6 Å². The fourth-order valence-electron chi connectivity index (χ4n) is 8.40. The number of sulfonamides is 1. The van der Waals surface area contributed by atoms with E-state index in [1.807, 2.05) is 18.2 Å². The Morgan fingerprint density at radius 1 is 1.03 bits per heavy atom. The Hall–Kier alpha value is -5.48. The predicted molar refractivity (Wildman–Crippen MR) is 237 cm³/mol. The summed E-state index contributed by atoms with van der Waals surface area (Å²) in [5.74, 6) is -0.195. The standard InChI is InChI=1S/C45H50ClN7O7S/c1-45(2)15-11-33(39(26-45)31-3-5-34(46)6-4-31)29-51-17-19-52(20-18-51)35-7-9-38(42(24-35)60-36-23-32-12-16-47-43(32)49-28-36)44(54)50-61(57,58)37-8-10-40(41(25-37)53(55)56)48-27-30-13-21-59-22-14-30/h3-10,12,16,23-25,28,30,48H,11,13-15,17-22,26-27,29H2,1-2H3,(H,47,49)(H,50,54)/i44+2. The van der Waals surface area contributed by atoms with Gasteiger partial charge in [0.2, 0.25) is 0 Å². The number of amides is 1. The average molecular weight is 870 g/mol. The number of nitro benzene ring substituents is 1. The molecule has 0 saturated carbocycles. The molecule has 2 aliphatic heterocycles. The van der Waals surface area contributed by atoms with Crippen molar-refractivity contribution in [3.05, 3.63) is 117 Å². The van der Waals surface area contributed by atoms with E-state index >= 15 is 0 Å². The molecule has 0 unspecified atom stereocenters. The Kier molecular flexibility index (Phi) is 12.4. The van der Waals surface area contributed by atoms with E-state index in [0.29, 0.717) is 31.2 Å². The van der Waals surface area contributed by atoms with Crippen molar-refractivity contribution in [1.82, 2.24) is 19.6 Å². The maximum atomic E-state index is 13.9. The number of halogens is 1. The molecule has 61 heavy (non-hydrogen) atoms. The number of pyridine rings is 1. The van der Waals surface area contributed by atoms with Crippen LogP contribution in [0, 0.1) is 21.4 Å². The third kappa shape index (κ3) is 10.0. The van der Waals surface area contributed by atoms with Gasteiger partial charge in [0.05, 0.1) is 21.6 Å². The maximum absolute atomic E-state index is 13.9. The number of piperazine rings is 1. The van der Waals surface area contributed by atoms with E-state index in [2.05, 4.69) is 55.8 Å². The minimum absolute atomic E-state index is 0.0359.